The fourth-order valence-corrected chi connectivity index (χ4v) is 6.32. The number of carbonyl (C=O) groups excluding carboxylic acids is 1. The first-order chi connectivity index (χ1) is 12.5. The SMILES string of the molecule is CCOC(=O)c1cnc2c(c1NC13CC4CC(CC(O)(C4)C1)C3)C=CC2. The first-order valence-corrected chi connectivity index (χ1v) is 9.85. The number of nitrogens with one attached hydrogen (secondary N) is 1. The van der Waals surface area contributed by atoms with E-state index in [-0.39, 0.29) is 11.5 Å². The summed E-state index contributed by atoms with van der Waals surface area (Å²) in [5.41, 5.74) is 2.73. The van der Waals surface area contributed by atoms with Crippen LogP contribution in [0.4, 0.5) is 5.69 Å². The Morgan fingerprint density at radius 3 is 2.81 bits per heavy atom. The number of anilines is 1. The number of esters is 1. The first-order valence-electron chi connectivity index (χ1n) is 9.85. The first kappa shape index (κ1) is 16.3. The monoisotopic (exact) mass is 354 g/mol. The van der Waals surface area contributed by atoms with Crippen molar-refractivity contribution >= 4 is 17.7 Å². The molecule has 0 spiro atoms. The second kappa shape index (κ2) is 5.56. The number of ether oxygens (including phenoxy) is 1. The maximum atomic E-state index is 12.5. The largest absolute Gasteiger partial charge is 0.462 e. The Balaban J connectivity index is 1.55. The van der Waals surface area contributed by atoms with E-state index in [4.69, 9.17) is 4.74 Å². The molecule has 0 saturated heterocycles. The van der Waals surface area contributed by atoms with Gasteiger partial charge in [0.05, 0.1) is 23.6 Å². The Morgan fingerprint density at radius 2 is 2.12 bits per heavy atom. The van der Waals surface area contributed by atoms with Crippen molar-refractivity contribution in [3.8, 4) is 0 Å². The quantitative estimate of drug-likeness (QED) is 0.812. The van der Waals surface area contributed by atoms with Crippen LogP contribution in [0.5, 0.6) is 0 Å². The van der Waals surface area contributed by atoms with Crippen LogP contribution in [0.3, 0.4) is 0 Å². The minimum Gasteiger partial charge on any atom is -0.462 e. The van der Waals surface area contributed by atoms with Crippen molar-refractivity contribution in [2.24, 2.45) is 11.8 Å². The van der Waals surface area contributed by atoms with Crippen molar-refractivity contribution in [3.63, 3.8) is 0 Å². The van der Waals surface area contributed by atoms with E-state index in [9.17, 15) is 9.90 Å². The molecule has 4 saturated carbocycles. The predicted octanol–water partition coefficient (Wildman–Crippen LogP) is 3.32. The van der Waals surface area contributed by atoms with Crippen molar-refractivity contribution in [1.82, 2.24) is 4.98 Å². The summed E-state index contributed by atoms with van der Waals surface area (Å²) >= 11 is 0. The van der Waals surface area contributed by atoms with Gasteiger partial charge in [0, 0.05) is 23.7 Å². The Labute approximate surface area is 153 Å². The van der Waals surface area contributed by atoms with Crippen LogP contribution in [-0.4, -0.2) is 33.8 Å². The highest BCUT2D eigenvalue weighted by molar-refractivity contribution is 5.98. The van der Waals surface area contributed by atoms with Gasteiger partial charge in [0.15, 0.2) is 0 Å². The summed E-state index contributed by atoms with van der Waals surface area (Å²) in [6.45, 7) is 2.17. The van der Waals surface area contributed by atoms with E-state index in [1.54, 1.807) is 6.20 Å². The van der Waals surface area contributed by atoms with Crippen molar-refractivity contribution in [3.05, 3.63) is 29.1 Å². The molecule has 5 nitrogen and oxygen atoms in total. The highest BCUT2D eigenvalue weighted by atomic mass is 16.5. The number of allylic oxidation sites excluding steroid dienone is 1. The van der Waals surface area contributed by atoms with E-state index >= 15 is 0 Å². The normalized spacial score (nSPS) is 36.2. The zero-order chi connectivity index (χ0) is 17.9. The minimum atomic E-state index is -0.535. The number of hydrogen-bond acceptors (Lipinski definition) is 5. The number of fused-ring (bicyclic) bond motifs is 1. The van der Waals surface area contributed by atoms with Gasteiger partial charge in [0.2, 0.25) is 0 Å². The summed E-state index contributed by atoms with van der Waals surface area (Å²) in [6.07, 6.45) is 12.6. The summed E-state index contributed by atoms with van der Waals surface area (Å²) in [5, 5.41) is 14.8. The van der Waals surface area contributed by atoms with Crippen molar-refractivity contribution in [2.45, 2.75) is 63.0 Å². The van der Waals surface area contributed by atoms with Crippen LogP contribution in [0.15, 0.2) is 12.3 Å². The summed E-state index contributed by atoms with van der Waals surface area (Å²) in [4.78, 5) is 17.0. The van der Waals surface area contributed by atoms with E-state index in [1.807, 2.05) is 6.92 Å². The van der Waals surface area contributed by atoms with E-state index < -0.39 is 5.60 Å². The van der Waals surface area contributed by atoms with E-state index in [2.05, 4.69) is 22.5 Å². The fraction of sp³-hybridized carbons (Fsp3) is 0.619. The Kier molecular flexibility index (Phi) is 3.48. The Hall–Kier alpha value is -1.88. The summed E-state index contributed by atoms with van der Waals surface area (Å²) in [7, 11) is 0. The van der Waals surface area contributed by atoms with Gasteiger partial charge in [-0.1, -0.05) is 12.2 Å². The molecule has 0 aliphatic heterocycles. The van der Waals surface area contributed by atoms with Gasteiger partial charge in [-0.3, -0.25) is 4.98 Å². The molecular formula is C21H26N2O3. The minimum absolute atomic E-state index is 0.119. The molecular weight excluding hydrogens is 328 g/mol. The average molecular weight is 354 g/mol. The molecule has 1 aromatic heterocycles. The number of pyridine rings is 1. The summed E-state index contributed by atoms with van der Waals surface area (Å²) in [5.74, 6) is 0.851. The molecule has 138 valence electrons. The fourth-order valence-electron chi connectivity index (χ4n) is 6.32. The molecule has 0 aromatic carbocycles. The molecule has 0 radical (unpaired) electrons. The maximum absolute atomic E-state index is 12.5. The zero-order valence-corrected chi connectivity index (χ0v) is 15.3. The smallest absolute Gasteiger partial charge is 0.341 e. The number of rotatable bonds is 4. The standard InChI is InChI=1S/C21H26N2O3/c1-2-26-19(24)16-11-22-17-5-3-4-15(17)18(16)23-20-7-13-6-14(8-20)10-21(25,9-13)12-20/h3-4,11,13-14,25H,2,5-10,12H2,1H3,(H,22,23). The lowest BCUT2D eigenvalue weighted by Crippen LogP contribution is -2.62. The van der Waals surface area contributed by atoms with Crippen LogP contribution in [-0.2, 0) is 11.2 Å². The topological polar surface area (TPSA) is 71.5 Å². The molecule has 5 heteroatoms. The van der Waals surface area contributed by atoms with Crippen molar-refractivity contribution in [1.29, 1.82) is 0 Å². The van der Waals surface area contributed by atoms with Gasteiger partial charge in [0.1, 0.15) is 5.56 Å². The number of carbonyl (C=O) groups is 1. The van der Waals surface area contributed by atoms with Crippen LogP contribution in [0.2, 0.25) is 0 Å². The molecule has 0 amide bonds. The number of aromatic nitrogens is 1. The second-order valence-corrected chi connectivity index (χ2v) is 8.82. The molecule has 26 heavy (non-hydrogen) atoms. The van der Waals surface area contributed by atoms with Gasteiger partial charge in [-0.05, 0) is 57.3 Å². The van der Waals surface area contributed by atoms with E-state index in [1.165, 1.54) is 6.42 Å². The van der Waals surface area contributed by atoms with Crippen LogP contribution >= 0.6 is 0 Å². The highest BCUT2D eigenvalue weighted by Crippen LogP contribution is 2.58. The molecule has 6 rings (SSSR count). The molecule has 4 bridgehead atoms. The predicted molar refractivity (Wildman–Crippen MR) is 98.9 cm³/mol. The molecule has 2 unspecified atom stereocenters. The molecule has 4 fully saturated rings. The van der Waals surface area contributed by atoms with E-state index in [0.717, 1.165) is 55.5 Å². The van der Waals surface area contributed by atoms with Gasteiger partial charge in [0.25, 0.3) is 0 Å². The van der Waals surface area contributed by atoms with Gasteiger partial charge < -0.3 is 15.2 Å². The lowest BCUT2D eigenvalue weighted by atomic mass is 9.51. The molecule has 1 aromatic rings. The third-order valence-electron chi connectivity index (χ3n) is 6.71. The van der Waals surface area contributed by atoms with Crippen molar-refractivity contribution < 1.29 is 14.6 Å². The lowest BCUT2D eigenvalue weighted by molar-refractivity contribution is -0.127. The van der Waals surface area contributed by atoms with Crippen LogP contribution < -0.4 is 5.32 Å². The van der Waals surface area contributed by atoms with E-state index in [0.29, 0.717) is 24.0 Å². The molecule has 2 atom stereocenters. The Morgan fingerprint density at radius 1 is 1.35 bits per heavy atom. The molecule has 1 heterocycles. The number of nitrogens with zero attached hydrogens (tertiary/aromatic N) is 1. The second-order valence-electron chi connectivity index (χ2n) is 8.82. The molecule has 5 aliphatic carbocycles. The summed E-state index contributed by atoms with van der Waals surface area (Å²) in [6, 6.07) is 0. The van der Waals surface area contributed by atoms with Gasteiger partial charge in [-0.15, -0.1) is 0 Å². The third kappa shape index (κ3) is 2.48. The maximum Gasteiger partial charge on any atom is 0.341 e. The van der Waals surface area contributed by atoms with Crippen LogP contribution in [0.25, 0.3) is 6.08 Å². The number of hydrogen-bond donors (Lipinski definition) is 2. The van der Waals surface area contributed by atoms with Crippen LogP contribution in [0, 0.1) is 11.8 Å². The average Bonchev–Trinajstić information content (AvgIpc) is 3.01. The number of aliphatic hydroxyl groups is 1. The Bertz CT molecular complexity index is 787. The summed E-state index contributed by atoms with van der Waals surface area (Å²) < 4.78 is 5.28. The third-order valence-corrected chi connectivity index (χ3v) is 6.71. The van der Waals surface area contributed by atoms with Gasteiger partial charge in [-0.25, -0.2) is 4.79 Å². The van der Waals surface area contributed by atoms with Crippen LogP contribution in [0.1, 0.15) is 67.1 Å². The molecule has 5 aliphatic rings. The zero-order valence-electron chi connectivity index (χ0n) is 15.3. The lowest BCUT2D eigenvalue weighted by Gasteiger charge is -2.60. The molecule has 2 N–H and O–H groups in total. The van der Waals surface area contributed by atoms with Gasteiger partial charge >= 0.3 is 5.97 Å². The van der Waals surface area contributed by atoms with Gasteiger partial charge in [-0.2, -0.15) is 0 Å². The van der Waals surface area contributed by atoms with Crippen molar-refractivity contribution in [2.75, 3.05) is 11.9 Å². The highest BCUT2D eigenvalue weighted by Gasteiger charge is 2.57.